The van der Waals surface area contributed by atoms with Crippen molar-refractivity contribution in [2.75, 3.05) is 0 Å². The molecule has 0 N–H and O–H groups in total. The average molecular weight is 423 g/mol. The Bertz CT molecular complexity index is 1020. The minimum absolute atomic E-state index is 0.167. The van der Waals surface area contributed by atoms with E-state index in [0.717, 1.165) is 33.7 Å². The van der Waals surface area contributed by atoms with Crippen molar-refractivity contribution < 1.29 is 16.8 Å². The van der Waals surface area contributed by atoms with Gasteiger partial charge in [0.1, 0.15) is 0 Å². The van der Waals surface area contributed by atoms with E-state index in [4.69, 9.17) is 0 Å². The second-order valence-electron chi connectivity index (χ2n) is 6.03. The average Bonchev–Trinajstić information content (AvgIpc) is 2.57. The molecule has 0 spiro atoms. The third kappa shape index (κ3) is 5.12. The molecule has 0 heterocycles. The Morgan fingerprint density at radius 2 is 1.07 bits per heavy atom. The molecule has 0 bridgehead atoms. The predicted molar refractivity (Wildman–Crippen MR) is 110 cm³/mol. The SMILES string of the molecule is CC=CS(=O)(=O)c1cc(C)ccc1Sc1ccc(C)cc1S(=O)(=O)C=CC. The minimum Gasteiger partial charge on any atom is -0.219 e. The Morgan fingerprint density at radius 3 is 1.41 bits per heavy atom. The highest BCUT2D eigenvalue weighted by Crippen LogP contribution is 2.38. The van der Waals surface area contributed by atoms with Gasteiger partial charge in [-0.05, 0) is 63.1 Å². The summed E-state index contributed by atoms with van der Waals surface area (Å²) in [7, 11) is -7.23. The lowest BCUT2D eigenvalue weighted by atomic mass is 10.2. The zero-order chi connectivity index (χ0) is 20.2. The van der Waals surface area contributed by atoms with Crippen molar-refractivity contribution in [1.82, 2.24) is 0 Å². The quantitative estimate of drug-likeness (QED) is 0.650. The van der Waals surface area contributed by atoms with Crippen LogP contribution in [0.5, 0.6) is 0 Å². The summed E-state index contributed by atoms with van der Waals surface area (Å²) in [6.45, 7) is 6.91. The molecular weight excluding hydrogens is 400 g/mol. The molecule has 144 valence electrons. The molecule has 4 nitrogen and oxygen atoms in total. The molecule has 0 fully saturated rings. The topological polar surface area (TPSA) is 68.3 Å². The van der Waals surface area contributed by atoms with Gasteiger partial charge in [-0.1, -0.05) is 36.0 Å². The third-order valence-electron chi connectivity index (χ3n) is 3.66. The van der Waals surface area contributed by atoms with Crippen LogP contribution in [0.25, 0.3) is 0 Å². The van der Waals surface area contributed by atoms with E-state index >= 15 is 0 Å². The van der Waals surface area contributed by atoms with Crippen molar-refractivity contribution in [3.05, 3.63) is 70.5 Å². The first-order chi connectivity index (χ1) is 12.6. The lowest BCUT2D eigenvalue weighted by Gasteiger charge is -2.12. The first-order valence-electron chi connectivity index (χ1n) is 8.25. The Labute approximate surface area is 165 Å². The fraction of sp³-hybridized carbons (Fsp3) is 0.200. The summed E-state index contributed by atoms with van der Waals surface area (Å²) in [5, 5.41) is 2.30. The van der Waals surface area contributed by atoms with Crippen LogP contribution in [0.4, 0.5) is 0 Å². The van der Waals surface area contributed by atoms with Crippen molar-refractivity contribution in [2.24, 2.45) is 0 Å². The number of aryl methyl sites for hydroxylation is 2. The maximum Gasteiger partial charge on any atom is 0.200 e. The normalized spacial score (nSPS) is 12.9. The number of hydrogen-bond acceptors (Lipinski definition) is 5. The zero-order valence-corrected chi connectivity index (χ0v) is 18.1. The van der Waals surface area contributed by atoms with Gasteiger partial charge < -0.3 is 0 Å². The van der Waals surface area contributed by atoms with Crippen LogP contribution in [0.3, 0.4) is 0 Å². The fourth-order valence-corrected chi connectivity index (χ4v) is 6.65. The first kappa shape index (κ1) is 21.5. The van der Waals surface area contributed by atoms with Crippen LogP contribution in [-0.2, 0) is 19.7 Å². The molecule has 2 rings (SSSR count). The largest absolute Gasteiger partial charge is 0.219 e. The molecule has 2 aromatic carbocycles. The number of allylic oxidation sites excluding steroid dienone is 2. The van der Waals surface area contributed by atoms with Crippen LogP contribution < -0.4 is 0 Å². The van der Waals surface area contributed by atoms with Gasteiger partial charge in [-0.25, -0.2) is 16.8 Å². The van der Waals surface area contributed by atoms with E-state index in [0.29, 0.717) is 9.79 Å². The Morgan fingerprint density at radius 1 is 0.704 bits per heavy atom. The maximum atomic E-state index is 12.6. The lowest BCUT2D eigenvalue weighted by molar-refractivity contribution is 0.601. The van der Waals surface area contributed by atoms with Gasteiger partial charge in [0.2, 0.25) is 19.7 Å². The summed E-state index contributed by atoms with van der Waals surface area (Å²) in [4.78, 5) is 1.31. The summed E-state index contributed by atoms with van der Waals surface area (Å²) >= 11 is 1.14. The molecule has 0 saturated heterocycles. The van der Waals surface area contributed by atoms with Crippen LogP contribution in [0, 0.1) is 13.8 Å². The molecule has 0 aromatic heterocycles. The molecule has 2 aromatic rings. The molecule has 7 heteroatoms. The number of hydrogen-bond donors (Lipinski definition) is 0. The standard InChI is InChI=1S/C20H22O4S3/c1-5-11-26(21,22)19-13-15(3)7-9-17(19)25-18-10-8-16(4)14-20(18)27(23,24)12-6-2/h5-14H,1-4H3. The molecule has 0 radical (unpaired) electrons. The van der Waals surface area contributed by atoms with Gasteiger partial charge in [0.25, 0.3) is 0 Å². The van der Waals surface area contributed by atoms with Crippen molar-refractivity contribution in [3.63, 3.8) is 0 Å². The maximum absolute atomic E-state index is 12.6. The molecule has 0 aliphatic carbocycles. The molecule has 0 atom stereocenters. The third-order valence-corrected chi connectivity index (χ3v) is 8.23. The van der Waals surface area contributed by atoms with E-state index in [2.05, 4.69) is 0 Å². The summed E-state index contributed by atoms with van der Waals surface area (Å²) < 4.78 is 50.4. The molecule has 0 unspecified atom stereocenters. The van der Waals surface area contributed by atoms with Gasteiger partial charge in [-0.3, -0.25) is 0 Å². The van der Waals surface area contributed by atoms with Crippen molar-refractivity contribution in [3.8, 4) is 0 Å². The van der Waals surface area contributed by atoms with E-state index in [-0.39, 0.29) is 9.79 Å². The fourth-order valence-electron chi connectivity index (χ4n) is 2.47. The van der Waals surface area contributed by atoms with Gasteiger partial charge in [0.05, 0.1) is 9.79 Å². The molecule has 0 amide bonds. The number of sulfone groups is 2. The van der Waals surface area contributed by atoms with Gasteiger partial charge in [0.15, 0.2) is 0 Å². The summed E-state index contributed by atoms with van der Waals surface area (Å²) in [6, 6.07) is 10.2. The minimum atomic E-state index is -3.62. The van der Waals surface area contributed by atoms with Crippen LogP contribution in [0.1, 0.15) is 25.0 Å². The van der Waals surface area contributed by atoms with Gasteiger partial charge in [-0.15, -0.1) is 0 Å². The highest BCUT2D eigenvalue weighted by Gasteiger charge is 2.21. The van der Waals surface area contributed by atoms with E-state index in [1.165, 1.54) is 12.2 Å². The van der Waals surface area contributed by atoms with Gasteiger partial charge in [0, 0.05) is 20.6 Å². The molecule has 0 saturated carbocycles. The van der Waals surface area contributed by atoms with E-state index < -0.39 is 19.7 Å². The van der Waals surface area contributed by atoms with Crippen LogP contribution in [-0.4, -0.2) is 16.8 Å². The molecular formula is C20H22O4S3. The van der Waals surface area contributed by atoms with Crippen LogP contribution >= 0.6 is 11.8 Å². The molecule has 27 heavy (non-hydrogen) atoms. The van der Waals surface area contributed by atoms with Crippen molar-refractivity contribution in [2.45, 2.75) is 47.3 Å². The highest BCUT2D eigenvalue weighted by molar-refractivity contribution is 8.01. The van der Waals surface area contributed by atoms with E-state index in [9.17, 15) is 16.8 Å². The first-order valence-corrected chi connectivity index (χ1v) is 12.2. The number of benzene rings is 2. The predicted octanol–water partition coefficient (Wildman–Crippen LogP) is 5.07. The molecule has 0 aliphatic rings. The Hall–Kier alpha value is -1.83. The van der Waals surface area contributed by atoms with E-state index in [1.54, 1.807) is 38.1 Å². The van der Waals surface area contributed by atoms with Crippen molar-refractivity contribution >= 4 is 31.4 Å². The zero-order valence-electron chi connectivity index (χ0n) is 15.6. The highest BCUT2D eigenvalue weighted by atomic mass is 32.2. The smallest absolute Gasteiger partial charge is 0.200 e. The monoisotopic (exact) mass is 422 g/mol. The van der Waals surface area contributed by atoms with Gasteiger partial charge >= 0.3 is 0 Å². The van der Waals surface area contributed by atoms with Crippen LogP contribution in [0.15, 0.2) is 78.9 Å². The summed E-state index contributed by atoms with van der Waals surface area (Å²) in [5.41, 5.74) is 1.63. The van der Waals surface area contributed by atoms with Gasteiger partial charge in [-0.2, -0.15) is 0 Å². The lowest BCUT2D eigenvalue weighted by Crippen LogP contribution is -2.01. The second-order valence-corrected chi connectivity index (χ2v) is 10.7. The van der Waals surface area contributed by atoms with Crippen LogP contribution in [0.2, 0.25) is 0 Å². The van der Waals surface area contributed by atoms with Crippen molar-refractivity contribution in [1.29, 1.82) is 0 Å². The summed E-state index contributed by atoms with van der Waals surface area (Å²) in [5.74, 6) is 0. The second kappa shape index (κ2) is 8.46. The Balaban J connectivity index is 2.67. The Kier molecular flexibility index (Phi) is 6.72. The molecule has 0 aliphatic heterocycles. The summed E-state index contributed by atoms with van der Waals surface area (Å²) in [6.07, 6.45) is 2.94. The number of rotatable bonds is 6. The van der Waals surface area contributed by atoms with E-state index in [1.807, 2.05) is 26.0 Å².